The number of benzene rings is 1. The molecule has 0 unspecified atom stereocenters. The number of hydrogen-bond donors (Lipinski definition) is 0. The van der Waals surface area contributed by atoms with Crippen molar-refractivity contribution in [2.24, 2.45) is 0 Å². The van der Waals surface area contributed by atoms with Crippen LogP contribution in [0.5, 0.6) is 0 Å². The topological polar surface area (TPSA) is 25.8 Å². The quantitative estimate of drug-likeness (QED) is 0.566. The van der Waals surface area contributed by atoms with Crippen LogP contribution in [0.1, 0.15) is 36.8 Å². The maximum atomic E-state index is 12.9. The third kappa shape index (κ3) is 3.63. The van der Waals surface area contributed by atoms with E-state index < -0.39 is 0 Å². The number of nitrogens with zero attached hydrogens (tertiary/aromatic N) is 2. The molecule has 1 aromatic heterocycles. The molecule has 0 N–H and O–H groups in total. The predicted molar refractivity (Wildman–Crippen MR) is 83.1 cm³/mol. The van der Waals surface area contributed by atoms with Crippen LogP contribution in [0.3, 0.4) is 0 Å². The molecule has 0 atom stereocenters. The monoisotopic (exact) mass is 390 g/mol. The molecule has 2 nitrogen and oxygen atoms in total. The number of aromatic nitrogens is 2. The van der Waals surface area contributed by atoms with Gasteiger partial charge in [-0.25, -0.2) is 14.4 Å². The Kier molecular flexibility index (Phi) is 4.73. The van der Waals surface area contributed by atoms with E-state index in [4.69, 9.17) is 11.6 Å². The maximum absolute atomic E-state index is 12.9. The highest BCUT2D eigenvalue weighted by Gasteiger charge is 2.13. The van der Waals surface area contributed by atoms with E-state index in [0.29, 0.717) is 23.3 Å². The second-order valence-corrected chi connectivity index (χ2v) is 6.02. The molecule has 0 aliphatic carbocycles. The zero-order valence-electron chi connectivity index (χ0n) is 10.6. The van der Waals surface area contributed by atoms with Crippen molar-refractivity contribution in [1.29, 1.82) is 0 Å². The predicted octanol–water partition coefficient (Wildman–Crippen LogP) is 4.59. The zero-order valence-corrected chi connectivity index (χ0v) is 13.5. The lowest BCUT2D eigenvalue weighted by atomic mass is 10.1. The first-order valence-corrected chi connectivity index (χ1v) is 7.39. The van der Waals surface area contributed by atoms with Crippen molar-refractivity contribution in [3.05, 3.63) is 55.9 Å². The van der Waals surface area contributed by atoms with Crippen LogP contribution in [-0.4, -0.2) is 9.97 Å². The van der Waals surface area contributed by atoms with Gasteiger partial charge < -0.3 is 0 Å². The van der Waals surface area contributed by atoms with Crippen LogP contribution in [0.2, 0.25) is 5.15 Å². The van der Waals surface area contributed by atoms with Gasteiger partial charge in [-0.15, -0.1) is 0 Å². The van der Waals surface area contributed by atoms with Gasteiger partial charge in [-0.3, -0.25) is 0 Å². The summed E-state index contributed by atoms with van der Waals surface area (Å²) in [5.41, 5.74) is 1.92. The van der Waals surface area contributed by atoms with Crippen LogP contribution < -0.4 is 0 Å². The second kappa shape index (κ2) is 6.13. The summed E-state index contributed by atoms with van der Waals surface area (Å²) in [6.45, 7) is 4.14. The Balaban J connectivity index is 2.33. The summed E-state index contributed by atoms with van der Waals surface area (Å²) >= 11 is 8.30. The SMILES string of the molecule is CC(C)c1nc(Cc2ccc(F)cc2)nc(Cl)c1I. The summed E-state index contributed by atoms with van der Waals surface area (Å²) in [7, 11) is 0. The van der Waals surface area contributed by atoms with Gasteiger partial charge in [0.15, 0.2) is 0 Å². The van der Waals surface area contributed by atoms with Gasteiger partial charge in [-0.2, -0.15) is 0 Å². The van der Waals surface area contributed by atoms with Crippen LogP contribution in [-0.2, 0) is 6.42 Å². The fourth-order valence-corrected chi connectivity index (χ4v) is 2.79. The van der Waals surface area contributed by atoms with Crippen LogP contribution in [0.25, 0.3) is 0 Å². The average molecular weight is 391 g/mol. The van der Waals surface area contributed by atoms with Crippen LogP contribution in [0.15, 0.2) is 24.3 Å². The molecule has 0 aliphatic heterocycles. The lowest BCUT2D eigenvalue weighted by Gasteiger charge is -2.11. The Bertz CT molecular complexity index is 585. The molecule has 0 saturated carbocycles. The lowest BCUT2D eigenvalue weighted by Crippen LogP contribution is -2.05. The van der Waals surface area contributed by atoms with E-state index in [1.807, 2.05) is 0 Å². The normalized spacial score (nSPS) is 11.1. The Morgan fingerprint density at radius 2 is 1.84 bits per heavy atom. The van der Waals surface area contributed by atoms with E-state index in [1.165, 1.54) is 12.1 Å². The molecule has 19 heavy (non-hydrogen) atoms. The molecule has 1 aromatic carbocycles. The first-order valence-electron chi connectivity index (χ1n) is 5.93. The minimum absolute atomic E-state index is 0.242. The average Bonchev–Trinajstić information content (AvgIpc) is 2.36. The summed E-state index contributed by atoms with van der Waals surface area (Å²) in [4.78, 5) is 8.84. The van der Waals surface area contributed by atoms with Gasteiger partial charge in [0, 0.05) is 6.42 Å². The molecule has 2 rings (SSSR count). The van der Waals surface area contributed by atoms with Crippen molar-refractivity contribution in [3.63, 3.8) is 0 Å². The van der Waals surface area contributed by atoms with Gasteiger partial charge in [0.05, 0.1) is 9.26 Å². The summed E-state index contributed by atoms with van der Waals surface area (Å²) in [6, 6.07) is 6.35. The van der Waals surface area contributed by atoms with Crippen molar-refractivity contribution in [1.82, 2.24) is 9.97 Å². The van der Waals surface area contributed by atoms with Crippen molar-refractivity contribution in [2.45, 2.75) is 26.2 Å². The van der Waals surface area contributed by atoms with E-state index in [1.54, 1.807) is 12.1 Å². The summed E-state index contributed by atoms with van der Waals surface area (Å²) in [5, 5.41) is 0.483. The first-order chi connectivity index (χ1) is 8.97. The van der Waals surface area contributed by atoms with Crippen LogP contribution in [0.4, 0.5) is 4.39 Å². The second-order valence-electron chi connectivity index (χ2n) is 4.59. The van der Waals surface area contributed by atoms with Crippen molar-refractivity contribution in [2.75, 3.05) is 0 Å². The molecule has 0 aliphatic rings. The molecular formula is C14H13ClFIN2. The maximum Gasteiger partial charge on any atom is 0.146 e. The highest BCUT2D eigenvalue weighted by molar-refractivity contribution is 14.1. The van der Waals surface area contributed by atoms with Crippen molar-refractivity contribution >= 4 is 34.2 Å². The highest BCUT2D eigenvalue weighted by atomic mass is 127. The highest BCUT2D eigenvalue weighted by Crippen LogP contribution is 2.25. The first kappa shape index (κ1) is 14.7. The molecule has 0 bridgehead atoms. The molecule has 0 amide bonds. The largest absolute Gasteiger partial charge is 0.236 e. The Labute approximate surface area is 130 Å². The van der Waals surface area contributed by atoms with Crippen molar-refractivity contribution in [3.8, 4) is 0 Å². The lowest BCUT2D eigenvalue weighted by molar-refractivity contribution is 0.627. The molecule has 1 heterocycles. The van der Waals surface area contributed by atoms with Gasteiger partial charge in [0.25, 0.3) is 0 Å². The van der Waals surface area contributed by atoms with E-state index in [9.17, 15) is 4.39 Å². The van der Waals surface area contributed by atoms with E-state index in [-0.39, 0.29) is 5.82 Å². The van der Waals surface area contributed by atoms with Crippen molar-refractivity contribution < 1.29 is 4.39 Å². The molecular weight excluding hydrogens is 378 g/mol. The Morgan fingerprint density at radius 1 is 1.21 bits per heavy atom. The van der Waals surface area contributed by atoms with Gasteiger partial charge in [0.2, 0.25) is 0 Å². The van der Waals surface area contributed by atoms with E-state index >= 15 is 0 Å². The van der Waals surface area contributed by atoms with Gasteiger partial charge in [-0.1, -0.05) is 37.6 Å². The molecule has 0 fully saturated rings. The van der Waals surface area contributed by atoms with Gasteiger partial charge >= 0.3 is 0 Å². The minimum Gasteiger partial charge on any atom is -0.236 e. The fourth-order valence-electron chi connectivity index (χ4n) is 1.73. The van der Waals surface area contributed by atoms with E-state index in [2.05, 4.69) is 46.4 Å². The number of rotatable bonds is 3. The summed E-state index contributed by atoms with van der Waals surface area (Å²) < 4.78 is 13.8. The van der Waals surface area contributed by atoms with Gasteiger partial charge in [0.1, 0.15) is 16.8 Å². The molecule has 5 heteroatoms. The minimum atomic E-state index is -0.242. The summed E-state index contributed by atoms with van der Waals surface area (Å²) in [6.07, 6.45) is 0.552. The van der Waals surface area contributed by atoms with Gasteiger partial charge in [-0.05, 0) is 46.2 Å². The van der Waals surface area contributed by atoms with Crippen LogP contribution in [0, 0.1) is 9.39 Å². The zero-order chi connectivity index (χ0) is 14.0. The number of hydrogen-bond acceptors (Lipinski definition) is 2. The summed E-state index contributed by atoms with van der Waals surface area (Å²) in [5.74, 6) is 0.716. The molecule has 0 saturated heterocycles. The smallest absolute Gasteiger partial charge is 0.146 e. The number of halogens is 3. The van der Waals surface area contributed by atoms with E-state index in [0.717, 1.165) is 14.8 Å². The third-order valence-corrected chi connectivity index (χ3v) is 4.36. The van der Waals surface area contributed by atoms with Crippen LogP contribution >= 0.6 is 34.2 Å². The Morgan fingerprint density at radius 3 is 2.42 bits per heavy atom. The molecule has 0 spiro atoms. The molecule has 100 valence electrons. The Hall–Kier alpha value is -0.750. The molecule has 0 radical (unpaired) electrons. The standard InChI is InChI=1S/C14H13ClFIN2/c1-8(2)13-12(17)14(15)19-11(18-13)7-9-3-5-10(16)6-4-9/h3-6,8H,7H2,1-2H3. The molecule has 2 aromatic rings. The fraction of sp³-hybridized carbons (Fsp3) is 0.286. The third-order valence-electron chi connectivity index (χ3n) is 2.71.